The Kier molecular flexibility index (Phi) is 7.53. The number of hydrogen-bond acceptors (Lipinski definition) is 6. The Morgan fingerprint density at radius 3 is 2.47 bits per heavy atom. The molecule has 1 amide bonds. The van der Waals surface area contributed by atoms with Crippen LogP contribution in [0.3, 0.4) is 0 Å². The van der Waals surface area contributed by atoms with E-state index in [1.54, 1.807) is 5.38 Å². The third-order valence-electron chi connectivity index (χ3n) is 4.59. The number of carbonyl (C=O) groups is 2. The Bertz CT molecular complexity index is 974. The van der Waals surface area contributed by atoms with Crippen LogP contribution in [0.15, 0.2) is 60.0 Å². The number of carboxylic acid groups (broad SMARTS) is 1. The molecule has 0 saturated carbocycles. The summed E-state index contributed by atoms with van der Waals surface area (Å²) in [5.41, 5.74) is 8.84. The quantitative estimate of drug-likeness (QED) is 0.372. The number of carboxylic acids is 1. The van der Waals surface area contributed by atoms with Gasteiger partial charge in [-0.25, -0.2) is 4.98 Å². The fourth-order valence-corrected chi connectivity index (χ4v) is 3.60. The van der Waals surface area contributed by atoms with E-state index in [1.807, 2.05) is 54.6 Å². The largest absolute Gasteiger partial charge is 0.481 e. The molecule has 0 bridgehead atoms. The van der Waals surface area contributed by atoms with E-state index in [0.29, 0.717) is 23.9 Å². The fraction of sp³-hybridized carbons (Fsp3) is 0.227. The Labute approximate surface area is 179 Å². The van der Waals surface area contributed by atoms with Crippen molar-refractivity contribution in [2.24, 2.45) is 0 Å². The average Bonchev–Trinajstić information content (AvgIpc) is 3.14. The van der Waals surface area contributed by atoms with Crippen molar-refractivity contribution in [3.63, 3.8) is 0 Å². The summed E-state index contributed by atoms with van der Waals surface area (Å²) in [7, 11) is 0. The van der Waals surface area contributed by atoms with Gasteiger partial charge in [-0.1, -0.05) is 42.5 Å². The molecule has 0 aliphatic heterocycles. The number of nitrogens with zero attached hydrogens (tertiary/aromatic N) is 1. The van der Waals surface area contributed by atoms with Crippen molar-refractivity contribution in [3.05, 3.63) is 76.8 Å². The van der Waals surface area contributed by atoms with Crippen LogP contribution in [0.5, 0.6) is 0 Å². The number of nitrogen functional groups attached to an aromatic ring is 1. The van der Waals surface area contributed by atoms with Crippen LogP contribution in [-0.4, -0.2) is 35.1 Å². The Morgan fingerprint density at radius 1 is 1.10 bits per heavy atom. The molecule has 3 aromatic rings. The molecule has 0 aliphatic carbocycles. The zero-order valence-electron chi connectivity index (χ0n) is 16.4. The van der Waals surface area contributed by atoms with E-state index in [-0.39, 0.29) is 12.3 Å². The van der Waals surface area contributed by atoms with E-state index in [1.165, 1.54) is 11.3 Å². The van der Waals surface area contributed by atoms with Crippen LogP contribution in [-0.2, 0) is 22.4 Å². The van der Waals surface area contributed by atoms with Crippen LogP contribution in [0.4, 0.5) is 10.8 Å². The van der Waals surface area contributed by atoms with Gasteiger partial charge in [0.25, 0.3) is 0 Å². The number of anilines is 2. The van der Waals surface area contributed by atoms with E-state index in [2.05, 4.69) is 15.6 Å². The highest BCUT2D eigenvalue weighted by Crippen LogP contribution is 2.16. The molecule has 0 aliphatic rings. The lowest BCUT2D eigenvalue weighted by atomic mass is 9.99. The predicted molar refractivity (Wildman–Crippen MR) is 119 cm³/mol. The van der Waals surface area contributed by atoms with Gasteiger partial charge in [-0.05, 0) is 36.2 Å². The van der Waals surface area contributed by atoms with Crippen LogP contribution < -0.4 is 16.4 Å². The van der Waals surface area contributed by atoms with Gasteiger partial charge in [0.1, 0.15) is 0 Å². The normalized spacial score (nSPS) is 11.7. The summed E-state index contributed by atoms with van der Waals surface area (Å²) in [6, 6.07) is 16.8. The third-order valence-corrected chi connectivity index (χ3v) is 5.31. The number of thiazole rings is 1. The van der Waals surface area contributed by atoms with Gasteiger partial charge in [-0.2, -0.15) is 0 Å². The Balaban J connectivity index is 1.43. The molecule has 3 rings (SSSR count). The van der Waals surface area contributed by atoms with Crippen LogP contribution in [0.2, 0.25) is 0 Å². The monoisotopic (exact) mass is 424 g/mol. The van der Waals surface area contributed by atoms with E-state index in [0.717, 1.165) is 23.2 Å². The van der Waals surface area contributed by atoms with Crippen molar-refractivity contribution in [1.29, 1.82) is 0 Å². The van der Waals surface area contributed by atoms with E-state index in [4.69, 9.17) is 5.73 Å². The number of aliphatic carboxylic acids is 1. The third kappa shape index (κ3) is 6.40. The van der Waals surface area contributed by atoms with Crippen molar-refractivity contribution in [2.45, 2.75) is 18.8 Å². The molecule has 8 heteroatoms. The van der Waals surface area contributed by atoms with E-state index < -0.39 is 11.9 Å². The number of nitrogens with two attached hydrogens (primary N) is 1. The Hall–Kier alpha value is -3.23. The molecule has 1 heterocycles. The number of hydrogen-bond donors (Lipinski definition) is 4. The second kappa shape index (κ2) is 10.5. The highest BCUT2D eigenvalue weighted by molar-refractivity contribution is 7.13. The first-order valence-electron chi connectivity index (χ1n) is 9.58. The number of aromatic nitrogens is 1. The van der Waals surface area contributed by atoms with Gasteiger partial charge in [0, 0.05) is 17.6 Å². The van der Waals surface area contributed by atoms with Crippen molar-refractivity contribution < 1.29 is 14.7 Å². The lowest BCUT2D eigenvalue weighted by Gasteiger charge is -2.14. The molecule has 0 spiro atoms. The van der Waals surface area contributed by atoms with Gasteiger partial charge in [0.05, 0.1) is 18.0 Å². The second-order valence-electron chi connectivity index (χ2n) is 6.85. The van der Waals surface area contributed by atoms with Gasteiger partial charge in [-0.15, -0.1) is 11.3 Å². The summed E-state index contributed by atoms with van der Waals surface area (Å²) in [5, 5.41) is 17.8. The molecule has 30 heavy (non-hydrogen) atoms. The van der Waals surface area contributed by atoms with Crippen LogP contribution in [0.1, 0.15) is 22.7 Å². The minimum atomic E-state index is -0.839. The van der Waals surface area contributed by atoms with Crippen LogP contribution in [0.25, 0.3) is 0 Å². The number of nitrogens with one attached hydrogen (secondary N) is 2. The Morgan fingerprint density at radius 2 is 1.83 bits per heavy atom. The molecular weight excluding hydrogens is 400 g/mol. The molecule has 0 radical (unpaired) electrons. The standard InChI is InChI=1S/C22H24N4O3S/c23-22-26-18(14-30-22)12-20(27)25-17-8-6-15(7-9-17)10-11-24-13-19(21(28)29)16-4-2-1-3-5-16/h1-9,14,19,24H,10-13H2,(H2,23,26)(H,25,27)(H,28,29)/t19-/m0/s1. The molecule has 156 valence electrons. The van der Waals surface area contributed by atoms with E-state index >= 15 is 0 Å². The second-order valence-corrected chi connectivity index (χ2v) is 7.74. The van der Waals surface area contributed by atoms with Gasteiger partial charge >= 0.3 is 5.97 Å². The fourth-order valence-electron chi connectivity index (χ4n) is 3.04. The first-order chi connectivity index (χ1) is 14.5. The zero-order valence-corrected chi connectivity index (χ0v) is 17.2. The van der Waals surface area contributed by atoms with Gasteiger partial charge in [-0.3, -0.25) is 9.59 Å². The molecule has 0 unspecified atom stereocenters. The average molecular weight is 425 g/mol. The molecule has 1 atom stereocenters. The van der Waals surface area contributed by atoms with Crippen LogP contribution >= 0.6 is 11.3 Å². The highest BCUT2D eigenvalue weighted by atomic mass is 32.1. The summed E-state index contributed by atoms with van der Waals surface area (Å²) in [4.78, 5) is 27.7. The van der Waals surface area contributed by atoms with Crippen LogP contribution in [0, 0.1) is 0 Å². The lowest BCUT2D eigenvalue weighted by molar-refractivity contribution is -0.138. The first-order valence-corrected chi connectivity index (χ1v) is 10.5. The minimum absolute atomic E-state index is 0.143. The SMILES string of the molecule is Nc1nc(CC(=O)Nc2ccc(CCNC[C@H](C(=O)O)c3ccccc3)cc2)cs1. The zero-order chi connectivity index (χ0) is 21.3. The summed E-state index contributed by atoms with van der Waals surface area (Å²) >= 11 is 1.31. The summed E-state index contributed by atoms with van der Waals surface area (Å²) in [6.07, 6.45) is 0.943. The predicted octanol–water partition coefficient (Wildman–Crippen LogP) is 2.91. The number of benzene rings is 2. The molecule has 0 fully saturated rings. The summed E-state index contributed by atoms with van der Waals surface area (Å²) < 4.78 is 0. The first kappa shape index (κ1) is 21.5. The molecular formula is C22H24N4O3S. The minimum Gasteiger partial charge on any atom is -0.481 e. The van der Waals surface area contributed by atoms with Gasteiger partial charge < -0.3 is 21.5 Å². The van der Waals surface area contributed by atoms with Gasteiger partial charge in [0.2, 0.25) is 5.91 Å². The smallest absolute Gasteiger partial charge is 0.312 e. The molecule has 7 nitrogen and oxygen atoms in total. The summed E-state index contributed by atoms with van der Waals surface area (Å²) in [6.45, 7) is 1.03. The molecule has 5 N–H and O–H groups in total. The molecule has 2 aromatic carbocycles. The van der Waals surface area contributed by atoms with Crippen molar-refractivity contribution in [1.82, 2.24) is 10.3 Å². The molecule has 1 aromatic heterocycles. The van der Waals surface area contributed by atoms with E-state index in [9.17, 15) is 14.7 Å². The highest BCUT2D eigenvalue weighted by Gasteiger charge is 2.18. The maximum Gasteiger partial charge on any atom is 0.312 e. The van der Waals surface area contributed by atoms with Crippen molar-refractivity contribution >= 4 is 34.0 Å². The lowest BCUT2D eigenvalue weighted by Crippen LogP contribution is -2.28. The maximum absolute atomic E-state index is 12.1. The topological polar surface area (TPSA) is 117 Å². The molecule has 0 saturated heterocycles. The van der Waals surface area contributed by atoms with Gasteiger partial charge in [0.15, 0.2) is 5.13 Å². The van der Waals surface area contributed by atoms with Crippen molar-refractivity contribution in [2.75, 3.05) is 24.1 Å². The summed E-state index contributed by atoms with van der Waals surface area (Å²) in [5.74, 6) is -1.55. The number of carbonyl (C=O) groups excluding carboxylic acids is 1. The van der Waals surface area contributed by atoms with Crippen molar-refractivity contribution in [3.8, 4) is 0 Å². The number of amides is 1. The number of rotatable bonds is 10. The maximum atomic E-state index is 12.1.